The Kier molecular flexibility index (Phi) is 5.21. The Balaban J connectivity index is 2.72. The van der Waals surface area contributed by atoms with E-state index in [1.165, 1.54) is 6.26 Å². The van der Waals surface area contributed by atoms with Gasteiger partial charge < -0.3 is 5.32 Å². The molecule has 0 spiro atoms. The summed E-state index contributed by atoms with van der Waals surface area (Å²) < 4.78 is 23.0. The third-order valence-electron chi connectivity index (χ3n) is 2.36. The van der Waals surface area contributed by atoms with Crippen molar-refractivity contribution in [3.63, 3.8) is 0 Å². The summed E-state index contributed by atoms with van der Waals surface area (Å²) in [4.78, 5) is 4.26. The Labute approximate surface area is 107 Å². The molecule has 0 radical (unpaired) electrons. The van der Waals surface area contributed by atoms with Crippen LogP contribution in [-0.2, 0) is 9.84 Å². The Bertz CT molecular complexity index is 462. The van der Waals surface area contributed by atoms with Crippen molar-refractivity contribution in [2.45, 2.75) is 30.0 Å². The molecular weight excluding hydrogens is 260 g/mol. The van der Waals surface area contributed by atoms with E-state index >= 15 is 0 Å². The maximum atomic E-state index is 11.5. The van der Waals surface area contributed by atoms with Gasteiger partial charge in [-0.05, 0) is 25.0 Å². The number of aromatic nitrogens is 1. The fraction of sp³-hybridized carbons (Fsp3) is 0.545. The monoisotopic (exact) mass is 276 g/mol. The second-order valence-corrected chi connectivity index (χ2v) is 6.44. The van der Waals surface area contributed by atoms with E-state index in [2.05, 4.69) is 10.3 Å². The molecule has 0 aromatic carbocycles. The van der Waals surface area contributed by atoms with E-state index in [4.69, 9.17) is 11.6 Å². The topological polar surface area (TPSA) is 59.1 Å². The Hall–Kier alpha value is -0.810. The summed E-state index contributed by atoms with van der Waals surface area (Å²) in [5.41, 5.74) is 0. The average molecular weight is 277 g/mol. The van der Waals surface area contributed by atoms with Crippen molar-refractivity contribution in [1.82, 2.24) is 4.98 Å². The molecule has 0 amide bonds. The van der Waals surface area contributed by atoms with Crippen LogP contribution in [0.25, 0.3) is 0 Å². The molecule has 0 bridgehead atoms. The summed E-state index contributed by atoms with van der Waals surface area (Å²) in [7, 11) is -3.25. The van der Waals surface area contributed by atoms with Crippen LogP contribution < -0.4 is 5.32 Å². The first kappa shape index (κ1) is 14.3. The fourth-order valence-corrected chi connectivity index (χ4v) is 2.28. The van der Waals surface area contributed by atoms with Crippen molar-refractivity contribution in [2.75, 3.05) is 18.1 Å². The first-order valence-electron chi connectivity index (χ1n) is 5.48. The Morgan fingerprint density at radius 3 is 2.82 bits per heavy atom. The van der Waals surface area contributed by atoms with Crippen molar-refractivity contribution < 1.29 is 8.42 Å². The van der Waals surface area contributed by atoms with Crippen LogP contribution in [0.15, 0.2) is 23.2 Å². The van der Waals surface area contributed by atoms with E-state index in [-0.39, 0.29) is 10.3 Å². The quantitative estimate of drug-likeness (QED) is 0.810. The summed E-state index contributed by atoms with van der Waals surface area (Å²) in [6.45, 7) is 2.63. The average Bonchev–Trinajstić information content (AvgIpc) is 2.28. The molecule has 0 aliphatic rings. The van der Waals surface area contributed by atoms with Gasteiger partial charge in [-0.1, -0.05) is 6.92 Å². The molecular formula is C11H17ClN2O2S. The smallest absolute Gasteiger partial charge is 0.179 e. The minimum Gasteiger partial charge on any atom is -0.369 e. The van der Waals surface area contributed by atoms with Gasteiger partial charge in [0.1, 0.15) is 10.7 Å². The largest absolute Gasteiger partial charge is 0.369 e. The van der Waals surface area contributed by atoms with Gasteiger partial charge in [-0.2, -0.15) is 0 Å². The molecule has 17 heavy (non-hydrogen) atoms. The van der Waals surface area contributed by atoms with Gasteiger partial charge >= 0.3 is 0 Å². The number of anilines is 1. The number of alkyl halides is 1. The molecule has 1 N–H and O–H groups in total. The van der Waals surface area contributed by atoms with Gasteiger partial charge in [-0.15, -0.1) is 11.6 Å². The number of nitrogens with zero attached hydrogens (tertiary/aromatic N) is 1. The molecule has 1 heterocycles. The maximum absolute atomic E-state index is 11.5. The number of rotatable bonds is 6. The zero-order chi connectivity index (χ0) is 12.9. The molecule has 6 heteroatoms. The van der Waals surface area contributed by atoms with E-state index in [1.807, 2.05) is 6.92 Å². The molecule has 1 aromatic heterocycles. The number of halogens is 1. The summed E-state index contributed by atoms with van der Waals surface area (Å²) in [5, 5.41) is 3.11. The summed E-state index contributed by atoms with van der Waals surface area (Å²) in [6.07, 6.45) is 4.41. The van der Waals surface area contributed by atoms with Crippen LogP contribution in [0.3, 0.4) is 0 Å². The standard InChI is InChI=1S/C11H17ClN2O2S/c1-3-9(12)6-8-14-11-10(17(2,15)16)5-4-7-13-11/h4-5,7,9H,3,6,8H2,1-2H3,(H,13,14). The summed E-state index contributed by atoms with van der Waals surface area (Å²) in [5.74, 6) is 0.398. The second kappa shape index (κ2) is 6.21. The maximum Gasteiger partial charge on any atom is 0.179 e. The third-order valence-corrected chi connectivity index (χ3v) is 4.02. The van der Waals surface area contributed by atoms with Crippen molar-refractivity contribution in [3.05, 3.63) is 18.3 Å². The minimum absolute atomic E-state index is 0.105. The highest BCUT2D eigenvalue weighted by Gasteiger charge is 2.13. The van der Waals surface area contributed by atoms with E-state index in [1.54, 1.807) is 18.3 Å². The van der Waals surface area contributed by atoms with Crippen LogP contribution in [0.1, 0.15) is 19.8 Å². The molecule has 0 saturated heterocycles. The Morgan fingerprint density at radius 2 is 2.24 bits per heavy atom. The van der Waals surface area contributed by atoms with Crippen LogP contribution in [0, 0.1) is 0 Å². The van der Waals surface area contributed by atoms with E-state index in [9.17, 15) is 8.42 Å². The zero-order valence-electron chi connectivity index (χ0n) is 9.98. The number of hydrogen-bond donors (Lipinski definition) is 1. The molecule has 0 aliphatic heterocycles. The molecule has 1 atom stereocenters. The van der Waals surface area contributed by atoms with Crippen molar-refractivity contribution in [1.29, 1.82) is 0 Å². The van der Waals surface area contributed by atoms with Gasteiger partial charge in [0.2, 0.25) is 0 Å². The number of pyridine rings is 1. The van der Waals surface area contributed by atoms with Gasteiger partial charge in [-0.3, -0.25) is 0 Å². The van der Waals surface area contributed by atoms with Crippen molar-refractivity contribution in [3.8, 4) is 0 Å². The number of nitrogens with one attached hydrogen (secondary N) is 1. The van der Waals surface area contributed by atoms with E-state index < -0.39 is 9.84 Å². The number of hydrogen-bond acceptors (Lipinski definition) is 4. The van der Waals surface area contributed by atoms with Crippen LogP contribution in [-0.4, -0.2) is 31.6 Å². The minimum atomic E-state index is -3.25. The first-order valence-corrected chi connectivity index (χ1v) is 7.81. The molecule has 0 fully saturated rings. The summed E-state index contributed by atoms with van der Waals surface area (Å²) >= 11 is 5.98. The molecule has 1 aromatic rings. The SMILES string of the molecule is CCC(Cl)CCNc1ncccc1S(C)(=O)=O. The molecule has 0 aliphatic carbocycles. The fourth-order valence-electron chi connectivity index (χ4n) is 1.37. The highest BCUT2D eigenvalue weighted by molar-refractivity contribution is 7.90. The lowest BCUT2D eigenvalue weighted by atomic mass is 10.2. The Morgan fingerprint density at radius 1 is 1.53 bits per heavy atom. The lowest BCUT2D eigenvalue weighted by molar-refractivity contribution is 0.601. The van der Waals surface area contributed by atoms with Crippen LogP contribution in [0.5, 0.6) is 0 Å². The van der Waals surface area contributed by atoms with Gasteiger partial charge in [0.15, 0.2) is 9.84 Å². The van der Waals surface area contributed by atoms with Gasteiger partial charge in [0.05, 0.1) is 0 Å². The lowest BCUT2D eigenvalue weighted by Crippen LogP contribution is -2.12. The molecule has 1 rings (SSSR count). The van der Waals surface area contributed by atoms with E-state index in [0.717, 1.165) is 12.8 Å². The molecule has 4 nitrogen and oxygen atoms in total. The van der Waals surface area contributed by atoms with Crippen LogP contribution >= 0.6 is 11.6 Å². The predicted octanol–water partition coefficient (Wildman–Crippen LogP) is 2.30. The predicted molar refractivity (Wildman–Crippen MR) is 70.4 cm³/mol. The zero-order valence-corrected chi connectivity index (χ0v) is 11.6. The van der Waals surface area contributed by atoms with Crippen LogP contribution in [0.4, 0.5) is 5.82 Å². The van der Waals surface area contributed by atoms with Gasteiger partial charge in [-0.25, -0.2) is 13.4 Å². The highest BCUT2D eigenvalue weighted by atomic mass is 35.5. The first-order chi connectivity index (χ1) is 7.95. The van der Waals surface area contributed by atoms with Gasteiger partial charge in [0, 0.05) is 24.4 Å². The van der Waals surface area contributed by atoms with E-state index in [0.29, 0.717) is 12.4 Å². The van der Waals surface area contributed by atoms with Crippen LogP contribution in [0.2, 0.25) is 0 Å². The molecule has 96 valence electrons. The molecule has 1 unspecified atom stereocenters. The van der Waals surface area contributed by atoms with Crippen molar-refractivity contribution >= 4 is 27.3 Å². The lowest BCUT2D eigenvalue weighted by Gasteiger charge is -2.11. The van der Waals surface area contributed by atoms with Gasteiger partial charge in [0.25, 0.3) is 0 Å². The molecule has 0 saturated carbocycles. The van der Waals surface area contributed by atoms with Crippen molar-refractivity contribution in [2.24, 2.45) is 0 Å². The number of sulfone groups is 1. The highest BCUT2D eigenvalue weighted by Crippen LogP contribution is 2.18. The normalized spacial score (nSPS) is 13.4. The summed E-state index contributed by atoms with van der Waals surface area (Å²) in [6, 6.07) is 3.15. The third kappa shape index (κ3) is 4.52. The second-order valence-electron chi connectivity index (χ2n) is 3.84.